The quantitative estimate of drug-likeness (QED) is 0.783. The van der Waals surface area contributed by atoms with Gasteiger partial charge in [-0.3, -0.25) is 9.59 Å². The molecule has 0 spiro atoms. The fourth-order valence-corrected chi connectivity index (χ4v) is 1.70. The standard InChI is InChI=1S/C12H13NO4/c1-16-9-3-2-8(7-14)6-11(9)17-10-4-5-13-12(10)15/h2-3,6-7,10H,4-5H2,1H3,(H,13,15). The van der Waals surface area contributed by atoms with Crippen LogP contribution in [0.5, 0.6) is 11.5 Å². The Labute approximate surface area is 98.7 Å². The zero-order chi connectivity index (χ0) is 12.3. The first-order chi connectivity index (χ1) is 8.24. The molecule has 1 aromatic rings. The summed E-state index contributed by atoms with van der Waals surface area (Å²) in [6.45, 7) is 0.610. The molecule has 0 radical (unpaired) electrons. The smallest absolute Gasteiger partial charge is 0.261 e. The fourth-order valence-electron chi connectivity index (χ4n) is 1.70. The van der Waals surface area contributed by atoms with E-state index < -0.39 is 6.10 Å². The summed E-state index contributed by atoms with van der Waals surface area (Å²) < 4.78 is 10.7. The Hall–Kier alpha value is -2.04. The monoisotopic (exact) mass is 235 g/mol. The van der Waals surface area contributed by atoms with E-state index in [1.54, 1.807) is 18.2 Å². The highest BCUT2D eigenvalue weighted by molar-refractivity contribution is 5.83. The van der Waals surface area contributed by atoms with Crippen LogP contribution in [0, 0.1) is 0 Å². The number of ether oxygens (including phenoxy) is 2. The Bertz CT molecular complexity index is 444. The third kappa shape index (κ3) is 2.38. The number of hydrogen-bond donors (Lipinski definition) is 1. The van der Waals surface area contributed by atoms with Crippen LogP contribution in [0.25, 0.3) is 0 Å². The normalized spacial score (nSPS) is 18.6. The summed E-state index contributed by atoms with van der Waals surface area (Å²) in [5.41, 5.74) is 0.485. The molecule has 1 amide bonds. The molecular formula is C12H13NO4. The molecular weight excluding hydrogens is 222 g/mol. The molecule has 1 aliphatic heterocycles. The molecule has 17 heavy (non-hydrogen) atoms. The van der Waals surface area contributed by atoms with Gasteiger partial charge in [-0.15, -0.1) is 0 Å². The van der Waals surface area contributed by atoms with Crippen molar-refractivity contribution in [1.82, 2.24) is 5.32 Å². The third-order valence-electron chi connectivity index (χ3n) is 2.59. The molecule has 1 fully saturated rings. The SMILES string of the molecule is COc1ccc(C=O)cc1OC1CCNC1=O. The molecule has 0 aliphatic carbocycles. The summed E-state index contributed by atoms with van der Waals surface area (Å²) in [6, 6.07) is 4.84. The Morgan fingerprint density at radius 2 is 2.24 bits per heavy atom. The number of carbonyl (C=O) groups excluding carboxylic acids is 2. The van der Waals surface area contributed by atoms with Gasteiger partial charge in [0, 0.05) is 18.5 Å². The molecule has 5 nitrogen and oxygen atoms in total. The molecule has 0 aromatic heterocycles. The Kier molecular flexibility index (Phi) is 3.27. The molecule has 1 aromatic carbocycles. The maximum absolute atomic E-state index is 11.4. The molecule has 0 bridgehead atoms. The van der Waals surface area contributed by atoms with Gasteiger partial charge >= 0.3 is 0 Å². The lowest BCUT2D eigenvalue weighted by molar-refractivity contribution is -0.124. The molecule has 1 N–H and O–H groups in total. The molecule has 1 atom stereocenters. The fraction of sp³-hybridized carbons (Fsp3) is 0.333. The third-order valence-corrected chi connectivity index (χ3v) is 2.59. The van der Waals surface area contributed by atoms with Gasteiger partial charge in [-0.1, -0.05) is 0 Å². The van der Waals surface area contributed by atoms with Crippen molar-refractivity contribution >= 4 is 12.2 Å². The lowest BCUT2D eigenvalue weighted by Crippen LogP contribution is -2.27. The van der Waals surface area contributed by atoms with Gasteiger partial charge in [0.1, 0.15) is 6.29 Å². The first-order valence-electron chi connectivity index (χ1n) is 5.32. The summed E-state index contributed by atoms with van der Waals surface area (Å²) in [5, 5.41) is 2.68. The van der Waals surface area contributed by atoms with Gasteiger partial charge in [0.15, 0.2) is 17.6 Å². The first kappa shape index (κ1) is 11.4. The Morgan fingerprint density at radius 1 is 1.41 bits per heavy atom. The number of amides is 1. The van der Waals surface area contributed by atoms with E-state index >= 15 is 0 Å². The van der Waals surface area contributed by atoms with E-state index in [1.807, 2.05) is 0 Å². The van der Waals surface area contributed by atoms with Crippen LogP contribution in [0.1, 0.15) is 16.8 Å². The molecule has 1 unspecified atom stereocenters. The van der Waals surface area contributed by atoms with Crippen LogP contribution in [0.4, 0.5) is 0 Å². The zero-order valence-corrected chi connectivity index (χ0v) is 9.43. The number of hydrogen-bond acceptors (Lipinski definition) is 4. The number of rotatable bonds is 4. The van der Waals surface area contributed by atoms with Gasteiger partial charge in [-0.2, -0.15) is 0 Å². The lowest BCUT2D eigenvalue weighted by atomic mass is 10.2. The van der Waals surface area contributed by atoms with E-state index in [1.165, 1.54) is 7.11 Å². The number of aldehydes is 1. The summed E-state index contributed by atoms with van der Waals surface area (Å²) in [7, 11) is 1.51. The second kappa shape index (κ2) is 4.86. The van der Waals surface area contributed by atoms with Crippen LogP contribution in [-0.2, 0) is 4.79 Å². The molecule has 90 valence electrons. The Balaban J connectivity index is 2.23. The van der Waals surface area contributed by atoms with Crippen molar-refractivity contribution in [3.63, 3.8) is 0 Å². The summed E-state index contributed by atoms with van der Waals surface area (Å²) in [5.74, 6) is 0.790. The van der Waals surface area contributed by atoms with Gasteiger partial charge in [0.05, 0.1) is 7.11 Å². The summed E-state index contributed by atoms with van der Waals surface area (Å²) in [6.07, 6.45) is 0.833. The summed E-state index contributed by atoms with van der Waals surface area (Å²) in [4.78, 5) is 22.1. The maximum atomic E-state index is 11.4. The highest BCUT2D eigenvalue weighted by atomic mass is 16.5. The van der Waals surface area contributed by atoms with E-state index in [0.717, 1.165) is 6.29 Å². The molecule has 2 rings (SSSR count). The van der Waals surface area contributed by atoms with Crippen LogP contribution >= 0.6 is 0 Å². The maximum Gasteiger partial charge on any atom is 0.261 e. The molecule has 0 saturated carbocycles. The van der Waals surface area contributed by atoms with Crippen LogP contribution in [0.3, 0.4) is 0 Å². The predicted octanol–water partition coefficient (Wildman–Crippen LogP) is 0.775. The highest BCUT2D eigenvalue weighted by Crippen LogP contribution is 2.29. The van der Waals surface area contributed by atoms with Gasteiger partial charge in [-0.05, 0) is 18.2 Å². The topological polar surface area (TPSA) is 64.6 Å². The number of benzene rings is 1. The minimum atomic E-state index is -0.509. The molecule has 1 heterocycles. The second-order valence-corrected chi connectivity index (χ2v) is 3.71. The molecule has 1 aliphatic rings. The average molecular weight is 235 g/mol. The van der Waals surface area contributed by atoms with Crippen LogP contribution in [0.15, 0.2) is 18.2 Å². The lowest BCUT2D eigenvalue weighted by Gasteiger charge is -2.14. The van der Waals surface area contributed by atoms with Crippen molar-refractivity contribution < 1.29 is 19.1 Å². The van der Waals surface area contributed by atoms with Crippen LogP contribution < -0.4 is 14.8 Å². The van der Waals surface area contributed by atoms with Gasteiger partial charge in [0.25, 0.3) is 5.91 Å². The van der Waals surface area contributed by atoms with Crippen LogP contribution in [-0.4, -0.2) is 32.0 Å². The number of methoxy groups -OCH3 is 1. The number of carbonyl (C=O) groups is 2. The van der Waals surface area contributed by atoms with E-state index in [9.17, 15) is 9.59 Å². The minimum Gasteiger partial charge on any atom is -0.493 e. The van der Waals surface area contributed by atoms with Crippen molar-refractivity contribution in [2.45, 2.75) is 12.5 Å². The molecule has 5 heteroatoms. The second-order valence-electron chi connectivity index (χ2n) is 3.71. The van der Waals surface area contributed by atoms with E-state index in [0.29, 0.717) is 30.0 Å². The van der Waals surface area contributed by atoms with Gasteiger partial charge < -0.3 is 14.8 Å². The average Bonchev–Trinajstić information content (AvgIpc) is 2.75. The van der Waals surface area contributed by atoms with Crippen LogP contribution in [0.2, 0.25) is 0 Å². The van der Waals surface area contributed by atoms with E-state index in [4.69, 9.17) is 9.47 Å². The zero-order valence-electron chi connectivity index (χ0n) is 9.43. The van der Waals surface area contributed by atoms with Crippen molar-refractivity contribution in [2.24, 2.45) is 0 Å². The van der Waals surface area contributed by atoms with Crippen molar-refractivity contribution in [2.75, 3.05) is 13.7 Å². The summed E-state index contributed by atoms with van der Waals surface area (Å²) >= 11 is 0. The minimum absolute atomic E-state index is 0.136. The highest BCUT2D eigenvalue weighted by Gasteiger charge is 2.26. The predicted molar refractivity (Wildman–Crippen MR) is 60.4 cm³/mol. The van der Waals surface area contributed by atoms with Crippen molar-refractivity contribution in [1.29, 1.82) is 0 Å². The number of nitrogens with one attached hydrogen (secondary N) is 1. The van der Waals surface area contributed by atoms with Crippen molar-refractivity contribution in [3.8, 4) is 11.5 Å². The van der Waals surface area contributed by atoms with E-state index in [2.05, 4.69) is 5.32 Å². The van der Waals surface area contributed by atoms with Gasteiger partial charge in [0.2, 0.25) is 0 Å². The molecule has 1 saturated heterocycles. The first-order valence-corrected chi connectivity index (χ1v) is 5.32. The van der Waals surface area contributed by atoms with Gasteiger partial charge in [-0.25, -0.2) is 0 Å². The van der Waals surface area contributed by atoms with E-state index in [-0.39, 0.29) is 5.91 Å². The Morgan fingerprint density at radius 3 is 2.82 bits per heavy atom. The van der Waals surface area contributed by atoms with Crippen molar-refractivity contribution in [3.05, 3.63) is 23.8 Å². The largest absolute Gasteiger partial charge is 0.493 e.